The Morgan fingerprint density at radius 2 is 1.96 bits per heavy atom. The van der Waals surface area contributed by atoms with Crippen LogP contribution in [0.2, 0.25) is 0 Å². The fraction of sp³-hybridized carbons (Fsp3) is 0.579. The van der Waals surface area contributed by atoms with E-state index in [-0.39, 0.29) is 6.61 Å². The first-order chi connectivity index (χ1) is 12.0. The van der Waals surface area contributed by atoms with E-state index < -0.39 is 5.91 Å². The van der Waals surface area contributed by atoms with Crippen molar-refractivity contribution >= 4 is 11.8 Å². The largest absolute Gasteiger partial charge is 0.484 e. The summed E-state index contributed by atoms with van der Waals surface area (Å²) < 4.78 is 5.26. The number of hydrogen-bond donors (Lipinski definition) is 2. The predicted octanol–water partition coefficient (Wildman–Crippen LogP) is 1.29. The Labute approximate surface area is 148 Å². The Hall–Kier alpha value is -2.08. The van der Waals surface area contributed by atoms with Gasteiger partial charge < -0.3 is 20.7 Å². The van der Waals surface area contributed by atoms with Crippen molar-refractivity contribution in [1.29, 1.82) is 0 Å². The van der Waals surface area contributed by atoms with Crippen LogP contribution >= 0.6 is 0 Å². The number of hydrogen-bond acceptors (Lipinski definition) is 4. The van der Waals surface area contributed by atoms with Crippen LogP contribution in [-0.2, 0) is 16.1 Å². The van der Waals surface area contributed by atoms with E-state index in [1.54, 1.807) is 0 Å². The molecule has 6 heteroatoms. The summed E-state index contributed by atoms with van der Waals surface area (Å²) in [5.74, 6) is 1.28. The first kappa shape index (κ1) is 17.7. The van der Waals surface area contributed by atoms with Gasteiger partial charge in [-0.3, -0.25) is 9.59 Å². The van der Waals surface area contributed by atoms with E-state index in [0.29, 0.717) is 29.5 Å². The van der Waals surface area contributed by atoms with Gasteiger partial charge in [0.05, 0.1) is 0 Å². The minimum absolute atomic E-state index is 0.104. The highest BCUT2D eigenvalue weighted by Crippen LogP contribution is 2.32. The maximum Gasteiger partial charge on any atom is 0.255 e. The van der Waals surface area contributed by atoms with E-state index in [2.05, 4.69) is 12.2 Å². The first-order valence-electron chi connectivity index (χ1n) is 9.05. The molecule has 1 saturated heterocycles. The standard InChI is InChI=1S/C19H27N3O3/c1-13-11-22(19(24)15-4-5-15)9-8-17(13)21-10-14-2-6-16(7-3-14)25-12-18(20)23/h2-3,6-7,13,15,17,21H,4-5,8-12H2,1H3,(H2,20,23). The van der Waals surface area contributed by atoms with E-state index in [1.165, 1.54) is 0 Å². The van der Waals surface area contributed by atoms with Gasteiger partial charge >= 0.3 is 0 Å². The number of piperidine rings is 1. The molecule has 1 aromatic carbocycles. The Morgan fingerprint density at radius 1 is 1.24 bits per heavy atom. The minimum atomic E-state index is -0.480. The molecule has 1 aromatic rings. The Morgan fingerprint density at radius 3 is 2.56 bits per heavy atom. The van der Waals surface area contributed by atoms with Crippen LogP contribution in [0.5, 0.6) is 5.75 Å². The second-order valence-corrected chi connectivity index (χ2v) is 7.21. The monoisotopic (exact) mass is 345 g/mol. The first-order valence-corrected chi connectivity index (χ1v) is 9.05. The molecule has 1 saturated carbocycles. The average molecular weight is 345 g/mol. The van der Waals surface area contributed by atoms with Crippen LogP contribution in [0.4, 0.5) is 0 Å². The number of ether oxygens (including phenoxy) is 1. The molecule has 2 fully saturated rings. The molecule has 3 rings (SSSR count). The lowest BCUT2D eigenvalue weighted by molar-refractivity contribution is -0.134. The van der Waals surface area contributed by atoms with Gasteiger partial charge in [-0.05, 0) is 42.9 Å². The van der Waals surface area contributed by atoms with E-state index in [0.717, 1.165) is 44.5 Å². The number of likely N-dealkylation sites (tertiary alicyclic amines) is 1. The third-order valence-electron chi connectivity index (χ3n) is 5.02. The molecule has 2 unspecified atom stereocenters. The zero-order valence-corrected chi connectivity index (χ0v) is 14.7. The fourth-order valence-electron chi connectivity index (χ4n) is 3.34. The summed E-state index contributed by atoms with van der Waals surface area (Å²) in [6, 6.07) is 8.09. The van der Waals surface area contributed by atoms with Crippen molar-refractivity contribution in [2.75, 3.05) is 19.7 Å². The van der Waals surface area contributed by atoms with Gasteiger partial charge in [0.1, 0.15) is 5.75 Å². The Bertz CT molecular complexity index is 613. The van der Waals surface area contributed by atoms with E-state index in [9.17, 15) is 9.59 Å². The van der Waals surface area contributed by atoms with Crippen LogP contribution in [0.3, 0.4) is 0 Å². The molecule has 0 spiro atoms. The highest BCUT2D eigenvalue weighted by Gasteiger charge is 2.36. The number of nitrogens with two attached hydrogens (primary N) is 1. The average Bonchev–Trinajstić information content (AvgIpc) is 3.44. The lowest BCUT2D eigenvalue weighted by atomic mass is 9.93. The highest BCUT2D eigenvalue weighted by atomic mass is 16.5. The molecule has 1 heterocycles. The number of benzene rings is 1. The van der Waals surface area contributed by atoms with Crippen molar-refractivity contribution in [2.24, 2.45) is 17.6 Å². The van der Waals surface area contributed by atoms with E-state index >= 15 is 0 Å². The normalized spacial score (nSPS) is 23.3. The maximum atomic E-state index is 12.2. The van der Waals surface area contributed by atoms with Crippen molar-refractivity contribution in [3.05, 3.63) is 29.8 Å². The summed E-state index contributed by atoms with van der Waals surface area (Å²) in [5, 5.41) is 3.61. The minimum Gasteiger partial charge on any atom is -0.484 e. The smallest absolute Gasteiger partial charge is 0.255 e. The molecule has 2 atom stereocenters. The van der Waals surface area contributed by atoms with Crippen LogP contribution in [0.1, 0.15) is 31.7 Å². The summed E-state index contributed by atoms with van der Waals surface area (Å²) in [7, 11) is 0. The molecular weight excluding hydrogens is 318 g/mol. The lowest BCUT2D eigenvalue weighted by Crippen LogP contribution is -2.50. The molecule has 0 aromatic heterocycles. The molecule has 25 heavy (non-hydrogen) atoms. The summed E-state index contributed by atoms with van der Waals surface area (Å²) in [5.41, 5.74) is 6.23. The molecule has 1 aliphatic heterocycles. The number of nitrogens with zero attached hydrogens (tertiary/aromatic N) is 1. The van der Waals surface area contributed by atoms with Gasteiger partial charge in [-0.2, -0.15) is 0 Å². The van der Waals surface area contributed by atoms with Gasteiger partial charge in [0.25, 0.3) is 5.91 Å². The van der Waals surface area contributed by atoms with E-state index in [4.69, 9.17) is 10.5 Å². The van der Waals surface area contributed by atoms with E-state index in [1.807, 2.05) is 29.2 Å². The zero-order valence-electron chi connectivity index (χ0n) is 14.7. The Balaban J connectivity index is 1.44. The number of carbonyl (C=O) groups is 2. The lowest BCUT2D eigenvalue weighted by Gasteiger charge is -2.37. The summed E-state index contributed by atoms with van der Waals surface area (Å²) in [6.07, 6.45) is 3.15. The molecule has 2 aliphatic rings. The highest BCUT2D eigenvalue weighted by molar-refractivity contribution is 5.81. The zero-order chi connectivity index (χ0) is 17.8. The van der Waals surface area contributed by atoms with Crippen LogP contribution in [-0.4, -0.2) is 42.5 Å². The second-order valence-electron chi connectivity index (χ2n) is 7.21. The second kappa shape index (κ2) is 7.87. The fourth-order valence-corrected chi connectivity index (χ4v) is 3.34. The van der Waals surface area contributed by atoms with Crippen LogP contribution < -0.4 is 15.8 Å². The quantitative estimate of drug-likeness (QED) is 0.780. The van der Waals surface area contributed by atoms with Crippen molar-refractivity contribution in [1.82, 2.24) is 10.2 Å². The van der Waals surface area contributed by atoms with Gasteiger partial charge in [-0.15, -0.1) is 0 Å². The summed E-state index contributed by atoms with van der Waals surface area (Å²) in [4.78, 5) is 24.9. The van der Waals surface area contributed by atoms with Crippen molar-refractivity contribution < 1.29 is 14.3 Å². The third kappa shape index (κ3) is 4.95. The molecule has 0 bridgehead atoms. The SMILES string of the molecule is CC1CN(C(=O)C2CC2)CCC1NCc1ccc(OCC(N)=O)cc1. The molecule has 3 N–H and O–H groups in total. The van der Waals surface area contributed by atoms with Gasteiger partial charge in [0.15, 0.2) is 6.61 Å². The molecular formula is C19H27N3O3. The maximum absolute atomic E-state index is 12.2. The Kier molecular flexibility index (Phi) is 5.58. The number of primary amides is 1. The van der Waals surface area contributed by atoms with Crippen molar-refractivity contribution in [3.63, 3.8) is 0 Å². The topological polar surface area (TPSA) is 84.7 Å². The number of carbonyl (C=O) groups excluding carboxylic acids is 2. The molecule has 2 amide bonds. The summed E-state index contributed by atoms with van der Waals surface area (Å²) in [6.45, 7) is 4.60. The molecule has 0 radical (unpaired) electrons. The number of amides is 2. The van der Waals surface area contributed by atoms with Crippen LogP contribution in [0.25, 0.3) is 0 Å². The van der Waals surface area contributed by atoms with Gasteiger partial charge in [0, 0.05) is 31.6 Å². The van der Waals surface area contributed by atoms with Gasteiger partial charge in [0.2, 0.25) is 5.91 Å². The molecule has 6 nitrogen and oxygen atoms in total. The molecule has 136 valence electrons. The summed E-state index contributed by atoms with van der Waals surface area (Å²) >= 11 is 0. The number of nitrogens with one attached hydrogen (secondary N) is 1. The van der Waals surface area contributed by atoms with Gasteiger partial charge in [-0.1, -0.05) is 19.1 Å². The predicted molar refractivity (Wildman–Crippen MR) is 94.8 cm³/mol. The van der Waals surface area contributed by atoms with Gasteiger partial charge in [-0.25, -0.2) is 0 Å². The third-order valence-corrected chi connectivity index (χ3v) is 5.02. The van der Waals surface area contributed by atoms with Crippen LogP contribution in [0, 0.1) is 11.8 Å². The van der Waals surface area contributed by atoms with Crippen molar-refractivity contribution in [3.8, 4) is 5.75 Å². The van der Waals surface area contributed by atoms with Crippen LogP contribution in [0.15, 0.2) is 24.3 Å². The van der Waals surface area contributed by atoms with Crippen molar-refractivity contribution in [2.45, 2.75) is 38.8 Å². The molecule has 1 aliphatic carbocycles. The number of rotatable bonds is 7.